The second-order valence-corrected chi connectivity index (χ2v) is 8.64. The lowest BCUT2D eigenvalue weighted by molar-refractivity contribution is 0.304. The van der Waals surface area contributed by atoms with Gasteiger partial charge in [0.05, 0.1) is 26.1 Å². The second-order valence-electron chi connectivity index (χ2n) is 6.97. The van der Waals surface area contributed by atoms with Gasteiger partial charge < -0.3 is 9.72 Å². The van der Waals surface area contributed by atoms with Crippen LogP contribution in [-0.4, -0.2) is 9.97 Å². The third kappa shape index (κ3) is 4.77. The summed E-state index contributed by atoms with van der Waals surface area (Å²) in [5, 5.41) is 10.7. The monoisotopic (exact) mass is 511 g/mol. The Morgan fingerprint density at radius 2 is 1.97 bits per heavy atom. The highest BCUT2D eigenvalue weighted by Crippen LogP contribution is 2.36. The van der Waals surface area contributed by atoms with E-state index in [4.69, 9.17) is 27.9 Å². The van der Waals surface area contributed by atoms with Crippen LogP contribution in [0.4, 0.5) is 0 Å². The van der Waals surface area contributed by atoms with Crippen LogP contribution < -0.4 is 4.74 Å². The molecule has 0 spiro atoms. The van der Waals surface area contributed by atoms with Crippen LogP contribution in [0.5, 0.6) is 5.75 Å². The van der Waals surface area contributed by atoms with Gasteiger partial charge in [0, 0.05) is 10.6 Å². The molecule has 0 saturated carbocycles. The third-order valence-electron chi connectivity index (χ3n) is 4.67. The zero-order valence-electron chi connectivity index (χ0n) is 16.4. The van der Waals surface area contributed by atoms with Crippen LogP contribution in [-0.2, 0) is 6.61 Å². The van der Waals surface area contributed by atoms with Crippen LogP contribution in [0.2, 0.25) is 10.0 Å². The number of aromatic amines is 1. The SMILES string of the molecule is Cc1ccc2nc(/C(C#N)=C\c3cc(Cl)c(OCc4ccccc4Cl)c(Br)c3)[nH]c2c1. The molecule has 4 rings (SSSR count). The molecule has 0 aliphatic rings. The summed E-state index contributed by atoms with van der Waals surface area (Å²) in [4.78, 5) is 7.73. The van der Waals surface area contributed by atoms with Crippen LogP contribution in [0.25, 0.3) is 22.7 Å². The number of ether oxygens (including phenoxy) is 1. The minimum atomic E-state index is 0.287. The Hall–Kier alpha value is -2.78. The topological polar surface area (TPSA) is 61.7 Å². The van der Waals surface area contributed by atoms with E-state index in [9.17, 15) is 5.26 Å². The van der Waals surface area contributed by atoms with Crippen molar-refractivity contribution in [3.8, 4) is 11.8 Å². The molecule has 0 unspecified atom stereocenters. The van der Waals surface area contributed by atoms with E-state index < -0.39 is 0 Å². The Morgan fingerprint density at radius 1 is 1.16 bits per heavy atom. The minimum absolute atomic E-state index is 0.287. The number of halogens is 3. The average Bonchev–Trinajstić information content (AvgIpc) is 3.15. The molecular weight excluding hydrogens is 497 g/mol. The van der Waals surface area contributed by atoms with Gasteiger partial charge in [-0.1, -0.05) is 47.5 Å². The van der Waals surface area contributed by atoms with Gasteiger partial charge in [-0.25, -0.2) is 4.98 Å². The molecule has 31 heavy (non-hydrogen) atoms. The molecule has 0 fully saturated rings. The second kappa shape index (κ2) is 9.15. The van der Waals surface area contributed by atoms with Crippen LogP contribution in [0.3, 0.4) is 0 Å². The molecule has 7 heteroatoms. The van der Waals surface area contributed by atoms with Crippen LogP contribution >= 0.6 is 39.1 Å². The molecule has 1 heterocycles. The fraction of sp³-hybridized carbons (Fsp3) is 0.0833. The number of benzene rings is 3. The Labute approximate surface area is 198 Å². The standard InChI is InChI=1S/C24H16BrCl2N3O/c1-14-6-7-21-22(8-14)30-24(29-21)17(12-28)9-15-10-18(25)23(20(27)11-15)31-13-16-4-2-3-5-19(16)26/h2-11H,13H2,1H3,(H,29,30)/b17-9-. The zero-order chi connectivity index (χ0) is 22.0. The highest BCUT2D eigenvalue weighted by molar-refractivity contribution is 9.10. The first kappa shape index (κ1) is 21.5. The number of hydrogen-bond donors (Lipinski definition) is 1. The number of H-pyrrole nitrogens is 1. The van der Waals surface area contributed by atoms with E-state index in [-0.39, 0.29) is 6.61 Å². The summed E-state index contributed by atoms with van der Waals surface area (Å²) in [7, 11) is 0. The number of nitrogens with one attached hydrogen (secondary N) is 1. The van der Waals surface area contributed by atoms with Crippen molar-refractivity contribution in [1.29, 1.82) is 5.26 Å². The van der Waals surface area contributed by atoms with Gasteiger partial charge in [-0.3, -0.25) is 0 Å². The van der Waals surface area contributed by atoms with Crippen molar-refractivity contribution >= 4 is 61.8 Å². The predicted octanol–water partition coefficient (Wildman–Crippen LogP) is 7.58. The lowest BCUT2D eigenvalue weighted by Gasteiger charge is -2.12. The lowest BCUT2D eigenvalue weighted by atomic mass is 10.1. The number of rotatable bonds is 5. The molecular formula is C24H16BrCl2N3O. The first-order valence-corrected chi connectivity index (χ1v) is 10.9. The molecule has 1 aromatic heterocycles. The molecule has 0 amide bonds. The quantitative estimate of drug-likeness (QED) is 0.280. The number of imidazole rings is 1. The molecule has 0 radical (unpaired) electrons. The van der Waals surface area contributed by atoms with Gasteiger partial charge in [-0.15, -0.1) is 0 Å². The van der Waals surface area contributed by atoms with E-state index in [1.165, 1.54) is 0 Å². The van der Waals surface area contributed by atoms with Crippen molar-refractivity contribution < 1.29 is 4.74 Å². The largest absolute Gasteiger partial charge is 0.486 e. The number of aryl methyl sites for hydroxylation is 1. The predicted molar refractivity (Wildman–Crippen MR) is 129 cm³/mol. The summed E-state index contributed by atoms with van der Waals surface area (Å²) < 4.78 is 6.57. The first-order chi connectivity index (χ1) is 14.9. The fourth-order valence-electron chi connectivity index (χ4n) is 3.14. The summed E-state index contributed by atoms with van der Waals surface area (Å²) in [6.07, 6.45) is 1.74. The van der Waals surface area contributed by atoms with Crippen molar-refractivity contribution in [1.82, 2.24) is 9.97 Å². The summed E-state index contributed by atoms with van der Waals surface area (Å²) in [6, 6.07) is 19.2. The van der Waals surface area contributed by atoms with Crippen LogP contribution in [0.15, 0.2) is 59.1 Å². The van der Waals surface area contributed by atoms with Gasteiger partial charge in [-0.05, 0) is 70.4 Å². The maximum absolute atomic E-state index is 9.69. The number of fused-ring (bicyclic) bond motifs is 1. The normalized spacial score (nSPS) is 11.5. The van der Waals surface area contributed by atoms with E-state index in [1.54, 1.807) is 12.1 Å². The molecule has 0 bridgehead atoms. The molecule has 154 valence electrons. The van der Waals surface area contributed by atoms with E-state index in [2.05, 4.69) is 32.0 Å². The number of nitrogens with zero attached hydrogens (tertiary/aromatic N) is 2. The summed E-state index contributed by atoms with van der Waals surface area (Å²) in [5.41, 5.74) is 4.83. The van der Waals surface area contributed by atoms with Gasteiger partial charge >= 0.3 is 0 Å². The van der Waals surface area contributed by atoms with Gasteiger partial charge in [0.2, 0.25) is 0 Å². The molecule has 1 N–H and O–H groups in total. The Bertz CT molecular complexity index is 1330. The Kier molecular flexibility index (Phi) is 6.33. The number of hydrogen-bond acceptors (Lipinski definition) is 3. The molecule has 0 aliphatic carbocycles. The number of nitriles is 1. The van der Waals surface area contributed by atoms with Gasteiger partial charge in [0.25, 0.3) is 0 Å². The summed E-state index contributed by atoms with van der Waals surface area (Å²) in [5.74, 6) is 1.02. The maximum Gasteiger partial charge on any atom is 0.152 e. The highest BCUT2D eigenvalue weighted by atomic mass is 79.9. The van der Waals surface area contributed by atoms with Crippen molar-refractivity contribution in [2.75, 3.05) is 0 Å². The van der Waals surface area contributed by atoms with Crippen molar-refractivity contribution in [2.45, 2.75) is 13.5 Å². The maximum atomic E-state index is 9.69. The first-order valence-electron chi connectivity index (χ1n) is 9.38. The zero-order valence-corrected chi connectivity index (χ0v) is 19.5. The Morgan fingerprint density at radius 3 is 2.71 bits per heavy atom. The van der Waals surface area contributed by atoms with E-state index in [0.717, 1.165) is 27.7 Å². The van der Waals surface area contributed by atoms with Gasteiger partial charge in [-0.2, -0.15) is 5.26 Å². The van der Waals surface area contributed by atoms with E-state index in [1.807, 2.05) is 55.5 Å². The molecule has 3 aromatic carbocycles. The summed E-state index contributed by atoms with van der Waals surface area (Å²) in [6.45, 7) is 2.30. The highest BCUT2D eigenvalue weighted by Gasteiger charge is 2.13. The molecule has 0 atom stereocenters. The van der Waals surface area contributed by atoms with E-state index in [0.29, 0.717) is 31.7 Å². The number of allylic oxidation sites excluding steroid dienone is 1. The Balaban J connectivity index is 1.62. The lowest BCUT2D eigenvalue weighted by Crippen LogP contribution is -1.98. The van der Waals surface area contributed by atoms with Gasteiger partial charge in [0.15, 0.2) is 5.75 Å². The molecule has 0 aliphatic heterocycles. The minimum Gasteiger partial charge on any atom is -0.486 e. The average molecular weight is 513 g/mol. The van der Waals surface area contributed by atoms with Crippen molar-refractivity contribution in [3.05, 3.63) is 91.6 Å². The molecule has 0 saturated heterocycles. The van der Waals surface area contributed by atoms with Crippen LogP contribution in [0.1, 0.15) is 22.5 Å². The van der Waals surface area contributed by atoms with Crippen LogP contribution in [0, 0.1) is 18.3 Å². The molecule has 4 aromatic rings. The molecule has 4 nitrogen and oxygen atoms in total. The number of aromatic nitrogens is 2. The smallest absolute Gasteiger partial charge is 0.152 e. The van der Waals surface area contributed by atoms with Gasteiger partial charge in [0.1, 0.15) is 18.5 Å². The fourth-order valence-corrected chi connectivity index (χ4v) is 4.32. The van der Waals surface area contributed by atoms with E-state index >= 15 is 0 Å². The third-order valence-corrected chi connectivity index (χ3v) is 5.91. The van der Waals surface area contributed by atoms with Crippen molar-refractivity contribution in [3.63, 3.8) is 0 Å². The summed E-state index contributed by atoms with van der Waals surface area (Å²) >= 11 is 16.2. The van der Waals surface area contributed by atoms with Crippen molar-refractivity contribution in [2.24, 2.45) is 0 Å².